The molecule has 2 aromatic rings. The summed E-state index contributed by atoms with van der Waals surface area (Å²) in [6, 6.07) is 7.51. The van der Waals surface area contributed by atoms with Crippen LogP contribution in [0.4, 0.5) is 0 Å². The van der Waals surface area contributed by atoms with Gasteiger partial charge >= 0.3 is 0 Å². The van der Waals surface area contributed by atoms with Crippen LogP contribution in [0.25, 0.3) is 0 Å². The zero-order valence-electron chi connectivity index (χ0n) is 12.0. The summed E-state index contributed by atoms with van der Waals surface area (Å²) in [6.45, 7) is 0.330. The van der Waals surface area contributed by atoms with Gasteiger partial charge in [-0.05, 0) is 30.4 Å². The Balaban J connectivity index is 1.89. The second kappa shape index (κ2) is 5.62. The molecule has 5 heteroatoms. The monoisotopic (exact) mass is 334 g/mol. The number of aliphatic hydroxyl groups is 1. The van der Waals surface area contributed by atoms with Gasteiger partial charge in [0.05, 0.1) is 17.7 Å². The number of rotatable bonds is 5. The van der Waals surface area contributed by atoms with Gasteiger partial charge in [-0.2, -0.15) is 0 Å². The van der Waals surface area contributed by atoms with E-state index in [1.165, 1.54) is 0 Å². The van der Waals surface area contributed by atoms with Crippen LogP contribution in [0.5, 0.6) is 0 Å². The van der Waals surface area contributed by atoms with Gasteiger partial charge in [-0.15, -0.1) is 18.0 Å². The van der Waals surface area contributed by atoms with E-state index >= 15 is 0 Å². The second-order valence-corrected chi connectivity index (χ2v) is 6.97. The Morgan fingerprint density at radius 2 is 2.14 bits per heavy atom. The third-order valence-corrected chi connectivity index (χ3v) is 5.29. The van der Waals surface area contributed by atoms with Crippen LogP contribution in [0.1, 0.15) is 24.1 Å². The van der Waals surface area contributed by atoms with Crippen molar-refractivity contribution < 1.29 is 5.11 Å². The number of hydrogen-bond acceptors (Lipinski definition) is 2. The van der Waals surface area contributed by atoms with E-state index in [4.69, 9.17) is 29.6 Å². The van der Waals surface area contributed by atoms with Gasteiger partial charge in [-0.1, -0.05) is 29.8 Å². The van der Waals surface area contributed by atoms with Gasteiger partial charge in [0.25, 0.3) is 0 Å². The normalized spacial score (nSPS) is 18.5. The van der Waals surface area contributed by atoms with Crippen molar-refractivity contribution in [1.29, 1.82) is 0 Å². The molecule has 1 aromatic carbocycles. The fourth-order valence-electron chi connectivity index (χ4n) is 2.71. The molecular formula is C17H16Cl2N2O. The summed E-state index contributed by atoms with van der Waals surface area (Å²) in [5.41, 5.74) is 0.321. The first kappa shape index (κ1) is 15.4. The number of hydrogen-bond donors (Lipinski definition) is 1. The highest BCUT2D eigenvalue weighted by atomic mass is 35.5. The van der Waals surface area contributed by atoms with Crippen LogP contribution >= 0.6 is 23.2 Å². The third kappa shape index (κ3) is 2.87. The summed E-state index contributed by atoms with van der Waals surface area (Å²) in [5, 5.41) is 11.9. The number of imidazole rings is 1. The first-order chi connectivity index (χ1) is 10.5. The smallest absolute Gasteiger partial charge is 0.130 e. The molecule has 0 spiro atoms. The molecule has 1 saturated carbocycles. The molecule has 0 amide bonds. The van der Waals surface area contributed by atoms with Crippen molar-refractivity contribution in [2.75, 3.05) is 0 Å². The molecule has 1 atom stereocenters. The van der Waals surface area contributed by atoms with Gasteiger partial charge in [0, 0.05) is 17.6 Å². The SMILES string of the molecule is C#Cc1cn(CC(O)(Cc2ccccc2Cl)C2(Cl)CC2)cn1. The average Bonchev–Trinajstić information content (AvgIpc) is 3.10. The van der Waals surface area contributed by atoms with Gasteiger partial charge in [0.2, 0.25) is 0 Å². The van der Waals surface area contributed by atoms with Crippen LogP contribution in [0, 0.1) is 12.3 Å². The standard InChI is InChI=1S/C17H16Cl2N2O/c1-2-14-10-21(12-20-14)11-17(22,16(19)7-8-16)9-13-5-3-4-6-15(13)18/h1,3-6,10,12,22H,7-9,11H2. The minimum atomic E-state index is -1.11. The minimum absolute atomic E-state index is 0.330. The van der Waals surface area contributed by atoms with Gasteiger partial charge in [0.1, 0.15) is 11.3 Å². The number of nitrogens with zero attached hydrogens (tertiary/aromatic N) is 2. The van der Waals surface area contributed by atoms with E-state index in [1.54, 1.807) is 17.1 Å². The summed E-state index contributed by atoms with van der Waals surface area (Å²) >= 11 is 12.8. The summed E-state index contributed by atoms with van der Waals surface area (Å²) in [5.74, 6) is 2.48. The van der Waals surface area contributed by atoms with Crippen molar-refractivity contribution in [3.63, 3.8) is 0 Å². The van der Waals surface area contributed by atoms with Gasteiger partial charge in [-0.25, -0.2) is 4.98 Å². The number of terminal acetylenes is 1. The fraction of sp³-hybridized carbons (Fsp3) is 0.353. The molecule has 0 aliphatic heterocycles. The van der Waals surface area contributed by atoms with Crippen LogP contribution < -0.4 is 0 Å². The number of alkyl halides is 1. The Hall–Kier alpha value is -1.47. The van der Waals surface area contributed by atoms with E-state index in [2.05, 4.69) is 10.9 Å². The molecule has 0 radical (unpaired) electrons. The molecule has 22 heavy (non-hydrogen) atoms. The molecule has 1 heterocycles. The van der Waals surface area contributed by atoms with Crippen LogP contribution in [0.15, 0.2) is 36.8 Å². The molecule has 3 nitrogen and oxygen atoms in total. The van der Waals surface area contributed by atoms with Crippen molar-refractivity contribution >= 4 is 23.2 Å². The van der Waals surface area contributed by atoms with Crippen LogP contribution in [-0.4, -0.2) is 25.1 Å². The molecule has 3 rings (SSSR count). The first-order valence-corrected chi connectivity index (χ1v) is 7.84. The van der Waals surface area contributed by atoms with E-state index in [-0.39, 0.29) is 0 Å². The highest BCUT2D eigenvalue weighted by Crippen LogP contribution is 2.53. The van der Waals surface area contributed by atoms with E-state index in [1.807, 2.05) is 24.3 Å². The molecule has 114 valence electrons. The Bertz CT molecular complexity index is 730. The Morgan fingerprint density at radius 3 is 2.73 bits per heavy atom. The molecule has 1 aliphatic rings. The molecule has 1 N–H and O–H groups in total. The largest absolute Gasteiger partial charge is 0.386 e. The molecule has 0 saturated heterocycles. The Labute approximate surface area is 139 Å². The summed E-state index contributed by atoms with van der Waals surface area (Å²) < 4.78 is 1.79. The highest BCUT2D eigenvalue weighted by molar-refractivity contribution is 6.31. The molecule has 1 aliphatic carbocycles. The Morgan fingerprint density at radius 1 is 1.41 bits per heavy atom. The average molecular weight is 335 g/mol. The van der Waals surface area contributed by atoms with Crippen molar-refractivity contribution in [2.45, 2.75) is 36.3 Å². The molecule has 1 fully saturated rings. The van der Waals surface area contributed by atoms with Gasteiger partial charge < -0.3 is 9.67 Å². The lowest BCUT2D eigenvalue weighted by molar-refractivity contribution is 0.0109. The van der Waals surface area contributed by atoms with Crippen molar-refractivity contribution in [3.05, 3.63) is 53.1 Å². The Kier molecular flexibility index (Phi) is 3.94. The summed E-state index contributed by atoms with van der Waals surface area (Å²) in [6.07, 6.45) is 10.6. The quantitative estimate of drug-likeness (QED) is 0.673. The number of halogens is 2. The zero-order valence-corrected chi connectivity index (χ0v) is 13.5. The van der Waals surface area contributed by atoms with E-state index in [9.17, 15) is 5.11 Å². The van der Waals surface area contributed by atoms with Gasteiger partial charge in [-0.3, -0.25) is 0 Å². The lowest BCUT2D eigenvalue weighted by atomic mass is 9.89. The third-order valence-electron chi connectivity index (χ3n) is 4.19. The van der Waals surface area contributed by atoms with Crippen LogP contribution in [-0.2, 0) is 13.0 Å². The summed E-state index contributed by atoms with van der Waals surface area (Å²) in [7, 11) is 0. The van der Waals surface area contributed by atoms with Crippen LogP contribution in [0.3, 0.4) is 0 Å². The highest BCUT2D eigenvalue weighted by Gasteiger charge is 2.57. The van der Waals surface area contributed by atoms with Crippen molar-refractivity contribution in [1.82, 2.24) is 9.55 Å². The van der Waals surface area contributed by atoms with Gasteiger partial charge in [0.15, 0.2) is 0 Å². The maximum atomic E-state index is 11.2. The fourth-order valence-corrected chi connectivity index (χ4v) is 3.13. The van der Waals surface area contributed by atoms with E-state index in [0.29, 0.717) is 23.7 Å². The van der Waals surface area contributed by atoms with E-state index < -0.39 is 10.5 Å². The number of benzene rings is 1. The number of aromatic nitrogens is 2. The van der Waals surface area contributed by atoms with Crippen molar-refractivity contribution in [3.8, 4) is 12.3 Å². The lowest BCUT2D eigenvalue weighted by Gasteiger charge is -2.33. The predicted molar refractivity (Wildman–Crippen MR) is 88.1 cm³/mol. The minimum Gasteiger partial charge on any atom is -0.386 e. The zero-order chi connectivity index (χ0) is 15.8. The molecular weight excluding hydrogens is 319 g/mol. The molecule has 0 bridgehead atoms. The van der Waals surface area contributed by atoms with Crippen LogP contribution in [0.2, 0.25) is 5.02 Å². The lowest BCUT2D eigenvalue weighted by Crippen LogP contribution is -2.47. The predicted octanol–water partition coefficient (Wildman–Crippen LogP) is 3.26. The first-order valence-electron chi connectivity index (χ1n) is 7.09. The topological polar surface area (TPSA) is 38.0 Å². The molecule has 1 unspecified atom stereocenters. The second-order valence-electron chi connectivity index (χ2n) is 5.84. The maximum Gasteiger partial charge on any atom is 0.130 e. The maximum absolute atomic E-state index is 11.2. The van der Waals surface area contributed by atoms with E-state index in [0.717, 1.165) is 18.4 Å². The molecule has 1 aromatic heterocycles. The van der Waals surface area contributed by atoms with Crippen molar-refractivity contribution in [2.24, 2.45) is 0 Å². The summed E-state index contributed by atoms with van der Waals surface area (Å²) in [4.78, 5) is 3.47.